The highest BCUT2D eigenvalue weighted by Crippen LogP contribution is 2.17. The minimum atomic E-state index is -3.20. The molecular weight excluding hydrogens is 295 g/mol. The van der Waals surface area contributed by atoms with Gasteiger partial charge in [0.2, 0.25) is 5.91 Å². The summed E-state index contributed by atoms with van der Waals surface area (Å²) in [7, 11) is -3.20. The van der Waals surface area contributed by atoms with Crippen LogP contribution >= 0.6 is 0 Å². The van der Waals surface area contributed by atoms with Gasteiger partial charge in [-0.05, 0) is 35.7 Å². The van der Waals surface area contributed by atoms with Crippen LogP contribution in [-0.4, -0.2) is 30.7 Å². The van der Waals surface area contributed by atoms with Crippen molar-refractivity contribution in [1.29, 1.82) is 0 Å². The van der Waals surface area contributed by atoms with Crippen LogP contribution in [0.5, 0.6) is 0 Å². The molecule has 2 heterocycles. The van der Waals surface area contributed by atoms with Gasteiger partial charge in [0.25, 0.3) is 0 Å². The van der Waals surface area contributed by atoms with E-state index in [9.17, 15) is 17.6 Å². The molecule has 1 aromatic heterocycles. The average molecular weight is 308 g/mol. The number of amides is 1. The molecule has 1 atom stereocenters. The first kappa shape index (κ1) is 13.8. The predicted molar refractivity (Wildman–Crippen MR) is 76.8 cm³/mol. The van der Waals surface area contributed by atoms with E-state index < -0.39 is 15.9 Å². The Bertz CT molecular complexity index is 839. The largest absolute Gasteiger partial charge is 0.347 e. The number of halogens is 1. The van der Waals surface area contributed by atoms with Crippen molar-refractivity contribution in [3.63, 3.8) is 0 Å². The molecule has 1 aliphatic heterocycles. The lowest BCUT2D eigenvalue weighted by Gasteiger charge is -2.11. The van der Waals surface area contributed by atoms with Crippen LogP contribution in [0.3, 0.4) is 0 Å². The van der Waals surface area contributed by atoms with Crippen molar-refractivity contribution in [3.05, 3.63) is 47.8 Å². The average Bonchev–Trinajstić information content (AvgIpc) is 2.93. The van der Waals surface area contributed by atoms with E-state index in [1.165, 1.54) is 18.2 Å². The van der Waals surface area contributed by atoms with Gasteiger partial charge in [0, 0.05) is 11.6 Å². The fourth-order valence-electron chi connectivity index (χ4n) is 2.37. The maximum Gasteiger partial charge on any atom is 0.240 e. The van der Waals surface area contributed by atoms with Crippen LogP contribution in [0, 0.1) is 5.82 Å². The summed E-state index contributed by atoms with van der Waals surface area (Å²) in [5, 5.41) is 4.58. The lowest BCUT2D eigenvalue weighted by molar-refractivity contribution is -0.121. The molecule has 0 bridgehead atoms. The standard InChI is InChI=1S/C14H13FN2O3S/c15-11-2-1-10-3-5-17(13(10)7-11)8-14(18)16-12-4-6-21(19,20)9-12/h1-7,12H,8-9H2,(H,16,18). The van der Waals surface area contributed by atoms with Crippen LogP contribution in [0.4, 0.5) is 4.39 Å². The van der Waals surface area contributed by atoms with Gasteiger partial charge in [0.1, 0.15) is 12.4 Å². The van der Waals surface area contributed by atoms with E-state index in [-0.39, 0.29) is 24.0 Å². The van der Waals surface area contributed by atoms with E-state index >= 15 is 0 Å². The Hall–Kier alpha value is -2.15. The lowest BCUT2D eigenvalue weighted by atomic mass is 10.2. The Morgan fingerprint density at radius 2 is 2.19 bits per heavy atom. The van der Waals surface area contributed by atoms with Gasteiger partial charge in [0.05, 0.1) is 17.3 Å². The Kier molecular flexibility index (Phi) is 3.29. The summed E-state index contributed by atoms with van der Waals surface area (Å²) >= 11 is 0. The second-order valence-electron chi connectivity index (χ2n) is 4.98. The van der Waals surface area contributed by atoms with Crippen molar-refractivity contribution in [1.82, 2.24) is 9.88 Å². The molecule has 1 amide bonds. The molecular formula is C14H13FN2O3S. The Labute approximate surface area is 121 Å². The second kappa shape index (κ2) is 5.00. The summed E-state index contributed by atoms with van der Waals surface area (Å²) in [5.41, 5.74) is 0.625. The normalized spacial score (nSPS) is 20.0. The summed E-state index contributed by atoms with van der Waals surface area (Å²) in [6.45, 7) is 0.0113. The summed E-state index contributed by atoms with van der Waals surface area (Å²) in [6.07, 6.45) is 3.16. The van der Waals surface area contributed by atoms with Crippen LogP contribution in [0.2, 0.25) is 0 Å². The predicted octanol–water partition coefficient (Wildman–Crippen LogP) is 1.21. The van der Waals surface area contributed by atoms with E-state index in [1.807, 2.05) is 0 Å². The SMILES string of the molecule is O=C(Cn1ccc2ccc(F)cc21)NC1C=CS(=O)(=O)C1. The van der Waals surface area contributed by atoms with Gasteiger partial charge < -0.3 is 9.88 Å². The van der Waals surface area contributed by atoms with Crippen molar-refractivity contribution in [3.8, 4) is 0 Å². The summed E-state index contributed by atoms with van der Waals surface area (Å²) in [4.78, 5) is 12.0. The molecule has 0 saturated heterocycles. The monoisotopic (exact) mass is 308 g/mol. The number of hydrogen-bond acceptors (Lipinski definition) is 3. The van der Waals surface area contributed by atoms with Crippen molar-refractivity contribution in [2.75, 3.05) is 5.75 Å². The first-order chi connectivity index (χ1) is 9.93. The van der Waals surface area contributed by atoms with Crippen molar-refractivity contribution in [2.45, 2.75) is 12.6 Å². The van der Waals surface area contributed by atoms with Gasteiger partial charge in [0.15, 0.2) is 9.84 Å². The Morgan fingerprint density at radius 3 is 2.90 bits per heavy atom. The van der Waals surface area contributed by atoms with Crippen LogP contribution < -0.4 is 5.32 Å². The molecule has 0 saturated carbocycles. The highest BCUT2D eigenvalue weighted by atomic mass is 32.2. The van der Waals surface area contributed by atoms with E-state index in [0.717, 1.165) is 10.8 Å². The zero-order chi connectivity index (χ0) is 15.0. The summed E-state index contributed by atoms with van der Waals surface area (Å²) in [6, 6.07) is 5.66. The van der Waals surface area contributed by atoms with Gasteiger partial charge in [-0.25, -0.2) is 12.8 Å². The number of carbonyl (C=O) groups excluding carboxylic acids is 1. The number of rotatable bonds is 3. The van der Waals surface area contributed by atoms with Gasteiger partial charge in [-0.15, -0.1) is 0 Å². The molecule has 1 aromatic carbocycles. The number of benzene rings is 1. The van der Waals surface area contributed by atoms with Crippen LogP contribution in [0.25, 0.3) is 10.9 Å². The Balaban J connectivity index is 1.72. The maximum absolute atomic E-state index is 13.3. The van der Waals surface area contributed by atoms with E-state index in [0.29, 0.717) is 5.52 Å². The zero-order valence-corrected chi connectivity index (χ0v) is 11.8. The van der Waals surface area contributed by atoms with Crippen LogP contribution in [-0.2, 0) is 21.2 Å². The van der Waals surface area contributed by atoms with E-state index in [4.69, 9.17) is 0 Å². The third-order valence-electron chi connectivity index (χ3n) is 3.33. The molecule has 1 unspecified atom stereocenters. The molecule has 7 heteroatoms. The number of carbonyl (C=O) groups is 1. The topological polar surface area (TPSA) is 68.2 Å². The molecule has 0 aliphatic carbocycles. The minimum absolute atomic E-state index is 0.0113. The van der Waals surface area contributed by atoms with Crippen LogP contribution in [0.15, 0.2) is 41.9 Å². The molecule has 110 valence electrons. The summed E-state index contributed by atoms with van der Waals surface area (Å²) in [5.74, 6) is -0.795. The second-order valence-corrected chi connectivity index (χ2v) is 6.91. The third-order valence-corrected chi connectivity index (χ3v) is 4.72. The molecule has 0 fully saturated rings. The molecule has 0 spiro atoms. The third kappa shape index (κ3) is 2.97. The zero-order valence-electron chi connectivity index (χ0n) is 11.0. The van der Waals surface area contributed by atoms with Gasteiger partial charge in [-0.3, -0.25) is 4.79 Å². The molecule has 1 aliphatic rings. The van der Waals surface area contributed by atoms with Gasteiger partial charge in [-0.1, -0.05) is 0 Å². The number of fused-ring (bicyclic) bond motifs is 1. The number of nitrogens with zero attached hydrogens (tertiary/aromatic N) is 1. The highest BCUT2D eigenvalue weighted by Gasteiger charge is 2.23. The van der Waals surface area contributed by atoms with Crippen molar-refractivity contribution >= 4 is 26.6 Å². The molecule has 3 rings (SSSR count). The van der Waals surface area contributed by atoms with Gasteiger partial charge >= 0.3 is 0 Å². The van der Waals surface area contributed by atoms with E-state index in [1.54, 1.807) is 22.9 Å². The molecule has 21 heavy (non-hydrogen) atoms. The molecule has 0 radical (unpaired) electrons. The molecule has 5 nitrogen and oxygen atoms in total. The van der Waals surface area contributed by atoms with Crippen LogP contribution in [0.1, 0.15) is 0 Å². The first-order valence-electron chi connectivity index (χ1n) is 6.38. The smallest absolute Gasteiger partial charge is 0.240 e. The maximum atomic E-state index is 13.3. The van der Waals surface area contributed by atoms with E-state index in [2.05, 4.69) is 5.32 Å². The lowest BCUT2D eigenvalue weighted by Crippen LogP contribution is -2.37. The minimum Gasteiger partial charge on any atom is -0.347 e. The van der Waals surface area contributed by atoms with Crippen molar-refractivity contribution < 1.29 is 17.6 Å². The fourth-order valence-corrected chi connectivity index (χ4v) is 3.60. The van der Waals surface area contributed by atoms with Gasteiger partial charge in [-0.2, -0.15) is 0 Å². The Morgan fingerprint density at radius 1 is 1.38 bits per heavy atom. The number of aromatic nitrogens is 1. The molecule has 2 aromatic rings. The molecule has 1 N–H and O–H groups in total. The summed E-state index contributed by atoms with van der Waals surface area (Å²) < 4.78 is 37.4. The number of hydrogen-bond donors (Lipinski definition) is 1. The van der Waals surface area contributed by atoms with Crippen molar-refractivity contribution in [2.24, 2.45) is 0 Å². The highest BCUT2D eigenvalue weighted by molar-refractivity contribution is 7.94. The number of sulfone groups is 1. The number of nitrogens with one attached hydrogen (secondary N) is 1. The quantitative estimate of drug-likeness (QED) is 0.926. The first-order valence-corrected chi connectivity index (χ1v) is 8.09. The fraction of sp³-hybridized carbons (Fsp3) is 0.214.